The van der Waals surface area contributed by atoms with Crippen molar-refractivity contribution in [3.63, 3.8) is 0 Å². The van der Waals surface area contributed by atoms with Crippen LogP contribution in [0.4, 0.5) is 0 Å². The van der Waals surface area contributed by atoms with Gasteiger partial charge in [-0.25, -0.2) is 4.79 Å². The van der Waals surface area contributed by atoms with Gasteiger partial charge in [-0.05, 0) is 19.8 Å². The van der Waals surface area contributed by atoms with Crippen LogP contribution >= 0.6 is 11.3 Å². The molecule has 2 unspecified atom stereocenters. The third-order valence-electron chi connectivity index (χ3n) is 2.73. The maximum Gasteiger partial charge on any atom is 0.332 e. The molecule has 1 aliphatic rings. The molecule has 0 saturated carbocycles. The van der Waals surface area contributed by atoms with Gasteiger partial charge in [0.1, 0.15) is 11.1 Å². The summed E-state index contributed by atoms with van der Waals surface area (Å²) in [5, 5.41) is 21.8. The Morgan fingerprint density at radius 3 is 3.00 bits per heavy atom. The molecule has 1 fully saturated rings. The molecule has 3 heterocycles. The fourth-order valence-corrected chi connectivity index (χ4v) is 2.82. The largest absolute Gasteiger partial charge is 0.479 e. The van der Waals surface area contributed by atoms with Crippen LogP contribution in [-0.2, 0) is 9.53 Å². The number of carboxylic acid groups (broad SMARTS) is 1. The lowest BCUT2D eigenvalue weighted by atomic mass is 10.2. The molecule has 90 valence electrons. The van der Waals surface area contributed by atoms with E-state index in [4.69, 9.17) is 9.84 Å². The highest BCUT2D eigenvalue weighted by Crippen LogP contribution is 2.34. The van der Waals surface area contributed by atoms with Gasteiger partial charge >= 0.3 is 5.97 Å². The predicted octanol–water partition coefficient (Wildman–Crippen LogP) is 0.799. The van der Waals surface area contributed by atoms with Crippen molar-refractivity contribution in [2.75, 3.05) is 0 Å². The van der Waals surface area contributed by atoms with E-state index in [-0.39, 0.29) is 6.10 Å². The highest BCUT2D eigenvalue weighted by atomic mass is 32.1. The van der Waals surface area contributed by atoms with Crippen molar-refractivity contribution >= 4 is 22.3 Å². The first-order valence-electron chi connectivity index (χ1n) is 5.22. The van der Waals surface area contributed by atoms with Crippen LogP contribution in [0.15, 0.2) is 0 Å². The van der Waals surface area contributed by atoms with Crippen molar-refractivity contribution in [3.8, 4) is 0 Å². The van der Waals surface area contributed by atoms with Crippen molar-refractivity contribution in [2.24, 2.45) is 0 Å². The van der Waals surface area contributed by atoms with E-state index in [1.807, 2.05) is 6.92 Å². The molecule has 0 aliphatic carbocycles. The minimum absolute atomic E-state index is 0.234. The molecule has 0 amide bonds. The van der Waals surface area contributed by atoms with Crippen LogP contribution in [0, 0.1) is 6.92 Å². The fourth-order valence-electron chi connectivity index (χ4n) is 1.86. The molecule has 0 spiro atoms. The Morgan fingerprint density at radius 2 is 2.35 bits per heavy atom. The molecule has 17 heavy (non-hydrogen) atoms. The minimum Gasteiger partial charge on any atom is -0.479 e. The first kappa shape index (κ1) is 10.6. The van der Waals surface area contributed by atoms with Gasteiger partial charge in [-0.15, -0.1) is 10.2 Å². The lowest BCUT2D eigenvalue weighted by Crippen LogP contribution is -2.18. The van der Waals surface area contributed by atoms with Crippen LogP contribution in [0.3, 0.4) is 0 Å². The summed E-state index contributed by atoms with van der Waals surface area (Å²) in [5.41, 5.74) is 0. The summed E-state index contributed by atoms with van der Waals surface area (Å²) < 4.78 is 7.08. The van der Waals surface area contributed by atoms with Gasteiger partial charge in [0, 0.05) is 0 Å². The number of hydrogen-bond acceptors (Lipinski definition) is 6. The standard InChI is InChI=1S/C9H10N4O3S/c1-4-10-11-9-13(4)12-7(17-9)5-2-3-6(16-5)8(14)15/h5-6H,2-3H2,1H3,(H,14,15). The zero-order valence-corrected chi connectivity index (χ0v) is 9.85. The summed E-state index contributed by atoms with van der Waals surface area (Å²) in [5.74, 6) is -0.193. The number of carbonyl (C=O) groups is 1. The number of hydrogen-bond donors (Lipinski definition) is 1. The Morgan fingerprint density at radius 1 is 1.53 bits per heavy atom. The lowest BCUT2D eigenvalue weighted by Gasteiger charge is -2.06. The Bertz CT molecular complexity index is 578. The molecule has 0 radical (unpaired) electrons. The second kappa shape index (κ2) is 3.74. The molecular weight excluding hydrogens is 244 g/mol. The van der Waals surface area contributed by atoms with Gasteiger partial charge in [0.25, 0.3) is 0 Å². The van der Waals surface area contributed by atoms with Gasteiger partial charge in [-0.2, -0.15) is 9.61 Å². The molecule has 0 bridgehead atoms. The number of rotatable bonds is 2. The van der Waals surface area contributed by atoms with Crippen molar-refractivity contribution in [3.05, 3.63) is 10.8 Å². The van der Waals surface area contributed by atoms with Gasteiger partial charge in [-0.1, -0.05) is 11.3 Å². The van der Waals surface area contributed by atoms with Crippen molar-refractivity contribution in [1.82, 2.24) is 19.8 Å². The van der Waals surface area contributed by atoms with Gasteiger partial charge in [0.2, 0.25) is 4.96 Å². The number of aliphatic carboxylic acids is 1. The summed E-state index contributed by atoms with van der Waals surface area (Å²) in [7, 11) is 0. The smallest absolute Gasteiger partial charge is 0.332 e. The van der Waals surface area contributed by atoms with Crippen molar-refractivity contribution < 1.29 is 14.6 Å². The van der Waals surface area contributed by atoms with Crippen LogP contribution in [0.1, 0.15) is 29.8 Å². The first-order valence-corrected chi connectivity index (χ1v) is 6.04. The maximum absolute atomic E-state index is 10.8. The molecule has 7 nitrogen and oxygen atoms in total. The monoisotopic (exact) mass is 254 g/mol. The van der Waals surface area contributed by atoms with E-state index in [1.165, 1.54) is 11.3 Å². The van der Waals surface area contributed by atoms with Crippen LogP contribution < -0.4 is 0 Å². The highest BCUT2D eigenvalue weighted by Gasteiger charge is 2.33. The molecule has 2 aromatic heterocycles. The molecule has 2 atom stereocenters. The summed E-state index contributed by atoms with van der Waals surface area (Å²) in [6.45, 7) is 1.82. The average molecular weight is 254 g/mol. The average Bonchev–Trinajstić information content (AvgIpc) is 2.95. The molecular formula is C9H10N4O3S. The molecule has 0 aromatic carbocycles. The van der Waals surface area contributed by atoms with E-state index in [9.17, 15) is 4.79 Å². The third kappa shape index (κ3) is 1.69. The van der Waals surface area contributed by atoms with Crippen LogP contribution in [0.2, 0.25) is 0 Å². The summed E-state index contributed by atoms with van der Waals surface area (Å²) >= 11 is 1.39. The first-order chi connectivity index (χ1) is 8.15. The fraction of sp³-hybridized carbons (Fsp3) is 0.556. The minimum atomic E-state index is -0.910. The van der Waals surface area contributed by atoms with E-state index < -0.39 is 12.1 Å². The Hall–Kier alpha value is -1.54. The van der Waals surface area contributed by atoms with E-state index in [0.29, 0.717) is 17.8 Å². The van der Waals surface area contributed by atoms with E-state index in [1.54, 1.807) is 4.52 Å². The number of fused-ring (bicyclic) bond motifs is 1. The zero-order valence-electron chi connectivity index (χ0n) is 9.03. The number of aromatic nitrogens is 4. The Kier molecular flexibility index (Phi) is 2.33. The van der Waals surface area contributed by atoms with Crippen LogP contribution in [0.25, 0.3) is 4.96 Å². The number of ether oxygens (including phenoxy) is 1. The van der Waals surface area contributed by atoms with Crippen LogP contribution in [0.5, 0.6) is 0 Å². The SMILES string of the molecule is Cc1nnc2sc(C3CCC(C(=O)O)O3)nn12. The number of nitrogens with zero attached hydrogens (tertiary/aromatic N) is 4. The predicted molar refractivity (Wildman–Crippen MR) is 57.9 cm³/mol. The van der Waals surface area contributed by atoms with E-state index in [0.717, 1.165) is 10.8 Å². The Balaban J connectivity index is 1.87. The second-order valence-corrected chi connectivity index (χ2v) is 4.90. The van der Waals surface area contributed by atoms with Gasteiger partial charge in [0.15, 0.2) is 11.9 Å². The van der Waals surface area contributed by atoms with Gasteiger partial charge in [-0.3, -0.25) is 0 Å². The summed E-state index contributed by atoms with van der Waals surface area (Å²) in [6, 6.07) is 0. The second-order valence-electron chi connectivity index (χ2n) is 3.91. The normalized spacial score (nSPS) is 24.5. The zero-order chi connectivity index (χ0) is 12.0. The highest BCUT2D eigenvalue weighted by molar-refractivity contribution is 7.16. The summed E-state index contributed by atoms with van der Waals surface area (Å²) in [4.78, 5) is 11.5. The number of aryl methyl sites for hydroxylation is 1. The van der Waals surface area contributed by atoms with E-state index in [2.05, 4.69) is 15.3 Å². The third-order valence-corrected chi connectivity index (χ3v) is 3.72. The van der Waals surface area contributed by atoms with Gasteiger partial charge in [0.05, 0.1) is 0 Å². The quantitative estimate of drug-likeness (QED) is 0.852. The van der Waals surface area contributed by atoms with Gasteiger partial charge < -0.3 is 9.84 Å². The lowest BCUT2D eigenvalue weighted by molar-refractivity contribution is -0.149. The topological polar surface area (TPSA) is 89.6 Å². The Labute approximate surface area is 100 Å². The van der Waals surface area contributed by atoms with Crippen molar-refractivity contribution in [1.29, 1.82) is 0 Å². The maximum atomic E-state index is 10.8. The molecule has 3 rings (SSSR count). The van der Waals surface area contributed by atoms with Crippen molar-refractivity contribution in [2.45, 2.75) is 32.0 Å². The summed E-state index contributed by atoms with van der Waals surface area (Å²) in [6.07, 6.45) is 0.261. The molecule has 2 aromatic rings. The van der Waals surface area contributed by atoms with Crippen LogP contribution in [-0.4, -0.2) is 37.0 Å². The molecule has 1 N–H and O–H groups in total. The number of carboxylic acids is 1. The van der Waals surface area contributed by atoms with E-state index >= 15 is 0 Å². The molecule has 1 saturated heterocycles. The molecule has 1 aliphatic heterocycles. The molecule has 8 heteroatoms.